The fraction of sp³-hybridized carbons (Fsp3) is 0.897. The van der Waals surface area contributed by atoms with Gasteiger partial charge >= 0.3 is 0 Å². The molecule has 0 aliphatic carbocycles. The molecular weight excluding hydrogens is 1010 g/mol. The van der Waals surface area contributed by atoms with Gasteiger partial charge < -0.3 is 15.4 Å². The first-order valence-electron chi connectivity index (χ1n) is 38.5. The van der Waals surface area contributed by atoms with Crippen LogP contribution < -0.4 is 15.4 Å². The van der Waals surface area contributed by atoms with Crippen LogP contribution in [0, 0.1) is 0 Å². The first-order valence-corrected chi connectivity index (χ1v) is 38.5. The third-order valence-electron chi connectivity index (χ3n) is 18.4. The van der Waals surface area contributed by atoms with Crippen LogP contribution in [0.5, 0.6) is 5.75 Å². The van der Waals surface area contributed by atoms with Crippen LogP contribution in [0.1, 0.15) is 452 Å². The van der Waals surface area contributed by atoms with Crippen molar-refractivity contribution in [3.05, 3.63) is 29.3 Å². The number of amides is 2. The van der Waals surface area contributed by atoms with E-state index in [2.05, 4.69) is 31.4 Å². The first-order chi connectivity index (χ1) is 41.1. The Labute approximate surface area is 520 Å². The average Bonchev–Trinajstić information content (AvgIpc) is 3.61. The largest absolute Gasteiger partial charge is 0.493 e. The number of carbonyl (C=O) groups is 2. The first kappa shape index (κ1) is 79.0. The van der Waals surface area contributed by atoms with Crippen molar-refractivity contribution in [2.75, 3.05) is 19.7 Å². The van der Waals surface area contributed by atoms with E-state index in [-0.39, 0.29) is 11.8 Å². The SMILES string of the molecule is CCCCCCCCCCCCCCCCCCCCCCCCCCCNC(=O)c1ccc(C(=O)NCCCCCCCCCCCCCCCCCCCCCCCCCCC)c(OCCCCCCCCCCCCCCCC)c1. The molecule has 0 saturated heterocycles. The van der Waals surface area contributed by atoms with E-state index in [1.54, 1.807) is 0 Å². The van der Waals surface area contributed by atoms with Gasteiger partial charge in [0.1, 0.15) is 5.75 Å². The van der Waals surface area contributed by atoms with Crippen LogP contribution in [-0.4, -0.2) is 31.5 Å². The second-order valence-electron chi connectivity index (χ2n) is 26.6. The summed E-state index contributed by atoms with van der Waals surface area (Å²) in [5.41, 5.74) is 1.13. The standard InChI is InChI=1S/C78H148N2O3/c1-4-7-10-13-16-19-22-25-28-30-32-34-36-38-40-42-44-46-48-50-53-56-59-62-65-70-79-77(81)74-68-69-75(76(73-74)83-72-67-64-61-58-55-52-27-24-21-18-15-12-9-6-3)78(82)80-71-66-63-60-57-54-51-49-47-45-43-41-39-37-35-33-31-29-26-23-20-17-14-11-8-5-2/h68-69,73H,4-67,70-72H2,1-3H3,(H,79,81)(H,80,82). The minimum Gasteiger partial charge on any atom is -0.493 e. The molecule has 1 aromatic carbocycles. The lowest BCUT2D eigenvalue weighted by molar-refractivity contribution is 0.0937. The smallest absolute Gasteiger partial charge is 0.255 e. The molecule has 0 radical (unpaired) electrons. The van der Waals surface area contributed by atoms with E-state index in [9.17, 15) is 9.59 Å². The number of rotatable bonds is 70. The molecule has 5 heteroatoms. The van der Waals surface area contributed by atoms with Gasteiger partial charge in [0, 0.05) is 18.7 Å². The highest BCUT2D eigenvalue weighted by Crippen LogP contribution is 2.24. The summed E-state index contributed by atoms with van der Waals surface area (Å²) in [5.74, 6) is 0.385. The summed E-state index contributed by atoms with van der Waals surface area (Å²) in [6, 6.07) is 5.44. The van der Waals surface area contributed by atoms with Crippen molar-refractivity contribution in [3.63, 3.8) is 0 Å². The van der Waals surface area contributed by atoms with Gasteiger partial charge in [-0.1, -0.05) is 412 Å². The average molecular weight is 1160 g/mol. The van der Waals surface area contributed by atoms with E-state index >= 15 is 0 Å². The Hall–Kier alpha value is -2.04. The topological polar surface area (TPSA) is 67.4 Å². The molecule has 0 unspecified atom stereocenters. The molecule has 5 nitrogen and oxygen atoms in total. The minimum absolute atomic E-state index is 0.0712. The van der Waals surface area contributed by atoms with Crippen molar-refractivity contribution in [1.29, 1.82) is 0 Å². The zero-order valence-corrected chi connectivity index (χ0v) is 56.8. The quantitative estimate of drug-likeness (QED) is 0.0639. The van der Waals surface area contributed by atoms with Crippen LogP contribution in [0.15, 0.2) is 18.2 Å². The summed E-state index contributed by atoms with van der Waals surface area (Å²) in [6.45, 7) is 8.84. The van der Waals surface area contributed by atoms with Gasteiger partial charge in [-0.05, 0) is 37.5 Å². The van der Waals surface area contributed by atoms with Gasteiger partial charge in [-0.15, -0.1) is 0 Å². The number of carbonyl (C=O) groups excluding carboxylic acids is 2. The lowest BCUT2D eigenvalue weighted by Crippen LogP contribution is -2.26. The molecule has 2 N–H and O–H groups in total. The molecule has 83 heavy (non-hydrogen) atoms. The molecule has 0 atom stereocenters. The third-order valence-corrected chi connectivity index (χ3v) is 18.4. The van der Waals surface area contributed by atoms with Crippen LogP contribution >= 0.6 is 0 Å². The third kappa shape index (κ3) is 57.5. The van der Waals surface area contributed by atoms with E-state index < -0.39 is 0 Å². The van der Waals surface area contributed by atoms with Crippen LogP contribution in [-0.2, 0) is 0 Å². The summed E-state index contributed by atoms with van der Waals surface area (Å²) in [4.78, 5) is 26.9. The Morgan fingerprint density at radius 2 is 0.470 bits per heavy atom. The van der Waals surface area contributed by atoms with Gasteiger partial charge in [0.05, 0.1) is 12.2 Å². The number of unbranched alkanes of at least 4 members (excludes halogenated alkanes) is 61. The van der Waals surface area contributed by atoms with Crippen LogP contribution in [0.2, 0.25) is 0 Å². The Balaban J connectivity index is 2.24. The monoisotopic (exact) mass is 1160 g/mol. The van der Waals surface area contributed by atoms with E-state index in [1.807, 2.05) is 18.2 Å². The molecule has 0 fully saturated rings. The van der Waals surface area contributed by atoms with Gasteiger partial charge in [0.2, 0.25) is 0 Å². The molecule has 0 aliphatic heterocycles. The fourth-order valence-electron chi connectivity index (χ4n) is 12.6. The predicted molar refractivity (Wildman–Crippen MR) is 369 cm³/mol. The molecular formula is C78H148N2O3. The summed E-state index contributed by atoms with van der Waals surface area (Å²) in [5, 5.41) is 6.35. The molecule has 488 valence electrons. The number of nitrogens with one attached hydrogen (secondary N) is 2. The molecule has 1 rings (SSSR count). The second kappa shape index (κ2) is 67.5. The van der Waals surface area contributed by atoms with E-state index in [0.717, 1.165) is 38.5 Å². The van der Waals surface area contributed by atoms with E-state index in [4.69, 9.17) is 4.74 Å². The lowest BCUT2D eigenvalue weighted by atomic mass is 10.0. The van der Waals surface area contributed by atoms with E-state index in [0.29, 0.717) is 36.6 Å². The molecule has 1 aromatic rings. The number of hydrogen-bond donors (Lipinski definition) is 2. The summed E-state index contributed by atoms with van der Waals surface area (Å²) in [7, 11) is 0. The normalized spacial score (nSPS) is 11.5. The molecule has 0 aromatic heterocycles. The van der Waals surface area contributed by atoms with Crippen molar-refractivity contribution in [3.8, 4) is 5.75 Å². The van der Waals surface area contributed by atoms with Crippen molar-refractivity contribution in [2.24, 2.45) is 0 Å². The Kier molecular flexibility index (Phi) is 64.2. The van der Waals surface area contributed by atoms with Gasteiger partial charge in [-0.25, -0.2) is 0 Å². The Bertz CT molecular complexity index is 1440. The number of hydrogen-bond acceptors (Lipinski definition) is 3. The molecule has 0 aliphatic rings. The Morgan fingerprint density at radius 3 is 0.711 bits per heavy atom. The molecule has 0 spiro atoms. The molecule has 0 bridgehead atoms. The van der Waals surface area contributed by atoms with Crippen molar-refractivity contribution >= 4 is 11.8 Å². The van der Waals surface area contributed by atoms with Crippen molar-refractivity contribution in [1.82, 2.24) is 10.6 Å². The fourth-order valence-corrected chi connectivity index (χ4v) is 12.6. The van der Waals surface area contributed by atoms with Crippen LogP contribution in [0.3, 0.4) is 0 Å². The van der Waals surface area contributed by atoms with Gasteiger partial charge in [-0.3, -0.25) is 9.59 Å². The van der Waals surface area contributed by atoms with Crippen LogP contribution in [0.4, 0.5) is 0 Å². The Morgan fingerprint density at radius 1 is 0.265 bits per heavy atom. The summed E-state index contributed by atoms with van der Waals surface area (Å²) >= 11 is 0. The van der Waals surface area contributed by atoms with Gasteiger partial charge in [0.15, 0.2) is 0 Å². The van der Waals surface area contributed by atoms with Gasteiger partial charge in [-0.2, -0.15) is 0 Å². The maximum atomic E-state index is 13.6. The lowest BCUT2D eigenvalue weighted by Gasteiger charge is -2.14. The van der Waals surface area contributed by atoms with Crippen LogP contribution in [0.25, 0.3) is 0 Å². The predicted octanol–water partition coefficient (Wildman–Crippen LogP) is 26.6. The molecule has 0 heterocycles. The maximum Gasteiger partial charge on any atom is 0.255 e. The number of benzene rings is 1. The molecule has 2 amide bonds. The van der Waals surface area contributed by atoms with Gasteiger partial charge in [0.25, 0.3) is 11.8 Å². The highest BCUT2D eigenvalue weighted by atomic mass is 16.5. The minimum atomic E-state index is -0.0901. The van der Waals surface area contributed by atoms with E-state index in [1.165, 1.54) is 372 Å². The zero-order chi connectivity index (χ0) is 59.5. The molecule has 0 saturated carbocycles. The summed E-state index contributed by atoms with van der Waals surface area (Å²) in [6.07, 6.45) is 87.9. The highest BCUT2D eigenvalue weighted by Gasteiger charge is 2.16. The zero-order valence-electron chi connectivity index (χ0n) is 56.8. The second-order valence-corrected chi connectivity index (χ2v) is 26.6. The maximum absolute atomic E-state index is 13.6. The number of ether oxygens (including phenoxy) is 1. The van der Waals surface area contributed by atoms with Crippen molar-refractivity contribution in [2.45, 2.75) is 432 Å². The van der Waals surface area contributed by atoms with Crippen molar-refractivity contribution < 1.29 is 14.3 Å². The summed E-state index contributed by atoms with van der Waals surface area (Å²) < 4.78 is 6.34. The highest BCUT2D eigenvalue weighted by molar-refractivity contribution is 6.00.